The summed E-state index contributed by atoms with van der Waals surface area (Å²) in [5.74, 6) is 1.09. The number of nitrogens with zero attached hydrogens (tertiary/aromatic N) is 5. The molecule has 1 aliphatic heterocycles. The van der Waals surface area contributed by atoms with Crippen molar-refractivity contribution in [2.75, 3.05) is 25.4 Å². The van der Waals surface area contributed by atoms with E-state index in [1.165, 1.54) is 42.7 Å². The Kier molecular flexibility index (Phi) is 6.26. The van der Waals surface area contributed by atoms with Crippen LogP contribution in [-0.4, -0.2) is 56.4 Å². The van der Waals surface area contributed by atoms with E-state index in [1.54, 1.807) is 6.33 Å². The second-order valence-electron chi connectivity index (χ2n) is 10.0. The van der Waals surface area contributed by atoms with Gasteiger partial charge in [-0.3, -0.25) is 9.58 Å². The summed E-state index contributed by atoms with van der Waals surface area (Å²) >= 11 is 1.84. The number of hydrogen-bond acceptors (Lipinski definition) is 7. The molecular weight excluding hydrogens is 454 g/mol. The van der Waals surface area contributed by atoms with Crippen LogP contribution in [0.15, 0.2) is 49.1 Å². The van der Waals surface area contributed by atoms with Crippen molar-refractivity contribution in [1.82, 2.24) is 30.0 Å². The van der Waals surface area contributed by atoms with Crippen molar-refractivity contribution in [1.29, 1.82) is 0 Å². The third kappa shape index (κ3) is 4.58. The Hall–Kier alpha value is -2.81. The zero-order chi connectivity index (χ0) is 23.8. The lowest BCUT2D eigenvalue weighted by Crippen LogP contribution is -2.53. The second-order valence-corrected chi connectivity index (χ2v) is 11.1. The minimum absolute atomic E-state index is 0.529. The summed E-state index contributed by atoms with van der Waals surface area (Å²) < 4.78 is 2.00. The smallest absolute Gasteiger partial charge is 0.136 e. The first kappa shape index (κ1) is 22.6. The number of nitrogens with one attached hydrogen (secondary N) is 1. The summed E-state index contributed by atoms with van der Waals surface area (Å²) in [5, 5.41) is 9.21. The van der Waals surface area contributed by atoms with Gasteiger partial charge in [0.05, 0.1) is 28.5 Å². The number of thiophene rings is 1. The van der Waals surface area contributed by atoms with Crippen molar-refractivity contribution in [2.45, 2.75) is 57.2 Å². The SMILES string of the molecule is C[C@@H]1CN(C2CCC(c3sc(-c4cnn(Cc5ccccc5)c4)c4c(N)ncnc34)CC2)CCN1. The zero-order valence-corrected chi connectivity index (χ0v) is 21.0. The normalized spacial score (nSPS) is 23.6. The van der Waals surface area contributed by atoms with Gasteiger partial charge in [0, 0.05) is 48.4 Å². The molecule has 2 aliphatic rings. The average molecular weight is 488 g/mol. The average Bonchev–Trinajstić information content (AvgIpc) is 3.50. The van der Waals surface area contributed by atoms with E-state index in [2.05, 4.69) is 57.7 Å². The number of anilines is 1. The monoisotopic (exact) mass is 487 g/mol. The summed E-state index contributed by atoms with van der Waals surface area (Å²) in [4.78, 5) is 14.3. The first-order valence-electron chi connectivity index (χ1n) is 12.7. The molecule has 1 saturated carbocycles. The highest BCUT2D eigenvalue weighted by atomic mass is 32.1. The molecule has 3 N–H and O–H groups in total. The van der Waals surface area contributed by atoms with Gasteiger partial charge < -0.3 is 11.1 Å². The van der Waals surface area contributed by atoms with Crippen molar-refractivity contribution in [2.24, 2.45) is 0 Å². The third-order valence-electron chi connectivity index (χ3n) is 7.62. The van der Waals surface area contributed by atoms with E-state index < -0.39 is 0 Å². The zero-order valence-electron chi connectivity index (χ0n) is 20.2. The molecule has 0 bridgehead atoms. The Morgan fingerprint density at radius 3 is 2.74 bits per heavy atom. The maximum atomic E-state index is 6.42. The van der Waals surface area contributed by atoms with Crippen LogP contribution in [0.1, 0.15) is 49.0 Å². The minimum Gasteiger partial charge on any atom is -0.383 e. The van der Waals surface area contributed by atoms with E-state index in [0.717, 1.165) is 41.0 Å². The van der Waals surface area contributed by atoms with Gasteiger partial charge in [0.1, 0.15) is 12.1 Å². The van der Waals surface area contributed by atoms with Gasteiger partial charge in [-0.05, 0) is 44.1 Å². The number of nitrogens with two attached hydrogens (primary N) is 1. The molecule has 7 nitrogen and oxygen atoms in total. The summed E-state index contributed by atoms with van der Waals surface area (Å²) in [6, 6.07) is 11.7. The second kappa shape index (κ2) is 9.68. The highest BCUT2D eigenvalue weighted by molar-refractivity contribution is 7.17. The van der Waals surface area contributed by atoms with Crippen LogP contribution >= 0.6 is 11.3 Å². The quantitative estimate of drug-likeness (QED) is 0.431. The number of rotatable bonds is 5. The molecule has 0 radical (unpaired) electrons. The molecule has 1 aliphatic carbocycles. The first-order chi connectivity index (χ1) is 17.2. The molecule has 4 heterocycles. The lowest BCUT2D eigenvalue weighted by atomic mass is 9.83. The first-order valence-corrected chi connectivity index (χ1v) is 13.5. The molecule has 1 atom stereocenters. The summed E-state index contributed by atoms with van der Waals surface area (Å²) in [6.45, 7) is 6.48. The highest BCUT2D eigenvalue weighted by Gasteiger charge is 2.31. The van der Waals surface area contributed by atoms with Crippen molar-refractivity contribution in [3.05, 3.63) is 59.5 Å². The van der Waals surface area contributed by atoms with Gasteiger partial charge in [-0.2, -0.15) is 5.10 Å². The summed E-state index contributed by atoms with van der Waals surface area (Å²) in [7, 11) is 0. The van der Waals surface area contributed by atoms with Gasteiger partial charge in [-0.25, -0.2) is 9.97 Å². The van der Waals surface area contributed by atoms with Gasteiger partial charge in [-0.1, -0.05) is 30.3 Å². The predicted molar refractivity (Wildman–Crippen MR) is 143 cm³/mol. The molecule has 1 saturated heterocycles. The molecule has 6 rings (SSSR count). The number of piperazine rings is 1. The Bertz CT molecular complexity index is 1290. The van der Waals surface area contributed by atoms with E-state index in [0.29, 0.717) is 23.8 Å². The minimum atomic E-state index is 0.529. The fourth-order valence-electron chi connectivity index (χ4n) is 5.83. The van der Waals surface area contributed by atoms with Crippen LogP contribution in [0.3, 0.4) is 0 Å². The fraction of sp³-hybridized carbons (Fsp3) is 0.444. The van der Waals surface area contributed by atoms with Crippen LogP contribution in [0.2, 0.25) is 0 Å². The van der Waals surface area contributed by atoms with Crippen LogP contribution in [0.4, 0.5) is 5.82 Å². The van der Waals surface area contributed by atoms with Crippen molar-refractivity contribution >= 4 is 28.1 Å². The van der Waals surface area contributed by atoms with Gasteiger partial charge in [0.2, 0.25) is 0 Å². The Morgan fingerprint density at radius 1 is 1.11 bits per heavy atom. The van der Waals surface area contributed by atoms with Crippen LogP contribution in [0.25, 0.3) is 21.3 Å². The molecule has 182 valence electrons. The van der Waals surface area contributed by atoms with Gasteiger partial charge in [0.25, 0.3) is 0 Å². The van der Waals surface area contributed by atoms with Gasteiger partial charge >= 0.3 is 0 Å². The molecule has 3 aromatic heterocycles. The van der Waals surface area contributed by atoms with Crippen molar-refractivity contribution in [3.63, 3.8) is 0 Å². The van der Waals surface area contributed by atoms with E-state index >= 15 is 0 Å². The standard InChI is InChI=1S/C27H33N7S/c1-18-14-33(12-11-29-18)22-9-7-20(8-10-22)26-24-23(27(28)31-17-30-24)25(35-26)21-13-32-34(16-21)15-19-5-3-2-4-6-19/h2-6,13,16-18,20,22,29H,7-12,14-15H2,1H3,(H2,28,30,31)/t18-,20?,22?/m1/s1. The van der Waals surface area contributed by atoms with Crippen molar-refractivity contribution < 1.29 is 0 Å². The maximum absolute atomic E-state index is 6.42. The van der Waals surface area contributed by atoms with Gasteiger partial charge in [-0.15, -0.1) is 11.3 Å². The van der Waals surface area contributed by atoms with Crippen LogP contribution in [0.5, 0.6) is 0 Å². The largest absolute Gasteiger partial charge is 0.383 e. The highest BCUT2D eigenvalue weighted by Crippen LogP contribution is 2.47. The van der Waals surface area contributed by atoms with E-state index in [1.807, 2.05) is 28.3 Å². The third-order valence-corrected chi connectivity index (χ3v) is 9.01. The number of benzene rings is 1. The molecule has 4 aromatic rings. The molecule has 0 spiro atoms. The lowest BCUT2D eigenvalue weighted by Gasteiger charge is -2.41. The van der Waals surface area contributed by atoms with Crippen LogP contribution in [0, 0.1) is 0 Å². The number of fused-ring (bicyclic) bond motifs is 1. The Morgan fingerprint density at radius 2 is 1.94 bits per heavy atom. The molecule has 0 unspecified atom stereocenters. The van der Waals surface area contributed by atoms with Crippen molar-refractivity contribution in [3.8, 4) is 10.4 Å². The summed E-state index contributed by atoms with van der Waals surface area (Å²) in [6.07, 6.45) is 10.6. The molecular formula is C27H33N7S. The van der Waals surface area contributed by atoms with Crippen LogP contribution < -0.4 is 11.1 Å². The lowest BCUT2D eigenvalue weighted by molar-refractivity contribution is 0.115. The van der Waals surface area contributed by atoms with Crippen LogP contribution in [-0.2, 0) is 6.54 Å². The Labute approximate surface area is 210 Å². The van der Waals surface area contributed by atoms with Gasteiger partial charge in [0.15, 0.2) is 0 Å². The molecule has 35 heavy (non-hydrogen) atoms. The van der Waals surface area contributed by atoms with E-state index in [9.17, 15) is 0 Å². The summed E-state index contributed by atoms with van der Waals surface area (Å²) in [5.41, 5.74) is 9.77. The molecule has 1 aromatic carbocycles. The number of nitrogen functional groups attached to an aromatic ring is 1. The fourth-order valence-corrected chi connectivity index (χ4v) is 7.23. The van der Waals surface area contributed by atoms with E-state index in [4.69, 9.17) is 10.7 Å². The molecule has 2 fully saturated rings. The predicted octanol–water partition coefficient (Wildman–Crippen LogP) is 4.51. The number of aromatic nitrogens is 4. The van der Waals surface area contributed by atoms with E-state index in [-0.39, 0.29) is 0 Å². The topological polar surface area (TPSA) is 84.9 Å². The number of hydrogen-bond donors (Lipinski definition) is 2. The molecule has 0 amide bonds. The molecule has 8 heteroatoms. The maximum Gasteiger partial charge on any atom is 0.136 e. The Balaban J connectivity index is 1.26.